The molecular formula is C16H23N3O2. The first kappa shape index (κ1) is 15.4. The zero-order valence-corrected chi connectivity index (χ0v) is 12.7. The number of hydrogen-bond acceptors (Lipinski definition) is 3. The molecule has 21 heavy (non-hydrogen) atoms. The number of nitrogens with one attached hydrogen (secondary N) is 1. The van der Waals surface area contributed by atoms with E-state index in [1.807, 2.05) is 31.2 Å². The number of likely N-dealkylation sites (tertiary alicyclic amines) is 1. The van der Waals surface area contributed by atoms with Gasteiger partial charge in [0, 0.05) is 32.2 Å². The molecule has 1 aliphatic heterocycles. The van der Waals surface area contributed by atoms with Crippen molar-refractivity contribution in [2.45, 2.75) is 26.2 Å². The molecule has 3 N–H and O–H groups in total. The van der Waals surface area contributed by atoms with Gasteiger partial charge < -0.3 is 16.0 Å². The summed E-state index contributed by atoms with van der Waals surface area (Å²) in [6, 6.07) is 7.60. The topological polar surface area (TPSA) is 75.4 Å². The van der Waals surface area contributed by atoms with Gasteiger partial charge in [-0.05, 0) is 37.5 Å². The molecule has 1 unspecified atom stereocenters. The first-order chi connectivity index (χ1) is 9.94. The molecule has 0 radical (unpaired) electrons. The molecule has 1 saturated heterocycles. The van der Waals surface area contributed by atoms with Gasteiger partial charge in [0.2, 0.25) is 11.8 Å². The van der Waals surface area contributed by atoms with Crippen LogP contribution in [0.1, 0.15) is 25.3 Å². The van der Waals surface area contributed by atoms with Crippen LogP contribution in [0.4, 0.5) is 5.69 Å². The summed E-state index contributed by atoms with van der Waals surface area (Å²) in [4.78, 5) is 25.9. The molecule has 5 nitrogen and oxygen atoms in total. The van der Waals surface area contributed by atoms with Crippen LogP contribution in [-0.2, 0) is 16.0 Å². The van der Waals surface area contributed by atoms with E-state index in [1.165, 1.54) is 0 Å². The lowest BCUT2D eigenvalue weighted by atomic mass is 9.89. The summed E-state index contributed by atoms with van der Waals surface area (Å²) in [6.45, 7) is 3.07. The number of nitrogens with zero attached hydrogens (tertiary/aromatic N) is 1. The Morgan fingerprint density at radius 2 is 2.19 bits per heavy atom. The lowest BCUT2D eigenvalue weighted by Crippen LogP contribution is -2.40. The van der Waals surface area contributed by atoms with Crippen molar-refractivity contribution in [1.29, 1.82) is 0 Å². The minimum Gasteiger partial charge on any atom is -0.399 e. The van der Waals surface area contributed by atoms with Gasteiger partial charge >= 0.3 is 0 Å². The van der Waals surface area contributed by atoms with Crippen LogP contribution >= 0.6 is 0 Å². The molecule has 1 aliphatic rings. The summed E-state index contributed by atoms with van der Waals surface area (Å²) >= 11 is 0. The Bertz CT molecular complexity index is 544. The van der Waals surface area contributed by atoms with E-state index in [4.69, 9.17) is 5.73 Å². The molecule has 0 aromatic heterocycles. The smallest absolute Gasteiger partial charge is 0.227 e. The molecule has 2 rings (SSSR count). The monoisotopic (exact) mass is 289 g/mol. The van der Waals surface area contributed by atoms with Gasteiger partial charge in [0.25, 0.3) is 0 Å². The Kier molecular flexibility index (Phi) is 4.50. The highest BCUT2D eigenvalue weighted by atomic mass is 16.2. The summed E-state index contributed by atoms with van der Waals surface area (Å²) in [6.07, 6.45) is 1.85. The Balaban J connectivity index is 1.89. The maximum Gasteiger partial charge on any atom is 0.227 e. The number of nitrogen functional groups attached to an aromatic ring is 1. The fourth-order valence-corrected chi connectivity index (χ4v) is 2.82. The highest BCUT2D eigenvalue weighted by molar-refractivity contribution is 5.84. The zero-order chi connectivity index (χ0) is 15.5. The fourth-order valence-electron chi connectivity index (χ4n) is 2.82. The lowest BCUT2D eigenvalue weighted by Gasteiger charge is -2.22. The molecule has 0 aliphatic carbocycles. The highest BCUT2D eigenvalue weighted by Crippen LogP contribution is 2.30. The van der Waals surface area contributed by atoms with Gasteiger partial charge in [-0.25, -0.2) is 0 Å². The molecular weight excluding hydrogens is 266 g/mol. The number of hydrogen-bond donors (Lipinski definition) is 2. The van der Waals surface area contributed by atoms with Crippen molar-refractivity contribution in [3.05, 3.63) is 29.8 Å². The minimum atomic E-state index is -0.457. The molecule has 114 valence electrons. The number of anilines is 1. The van der Waals surface area contributed by atoms with E-state index in [-0.39, 0.29) is 11.8 Å². The lowest BCUT2D eigenvalue weighted by molar-refractivity contribution is -0.132. The first-order valence-electron chi connectivity index (χ1n) is 7.29. The van der Waals surface area contributed by atoms with Crippen LogP contribution in [0.25, 0.3) is 0 Å². The maximum atomic E-state index is 12.3. The van der Waals surface area contributed by atoms with Crippen molar-refractivity contribution in [3.8, 4) is 0 Å². The van der Waals surface area contributed by atoms with Crippen molar-refractivity contribution in [2.75, 3.05) is 25.9 Å². The second-order valence-corrected chi connectivity index (χ2v) is 5.95. The number of carbonyl (C=O) groups is 2. The number of aryl methyl sites for hydroxylation is 1. The zero-order valence-electron chi connectivity index (χ0n) is 12.7. The van der Waals surface area contributed by atoms with E-state index < -0.39 is 5.41 Å². The van der Waals surface area contributed by atoms with Crippen LogP contribution in [0.3, 0.4) is 0 Å². The molecule has 1 heterocycles. The van der Waals surface area contributed by atoms with Crippen LogP contribution in [0.5, 0.6) is 0 Å². The predicted molar refractivity (Wildman–Crippen MR) is 82.5 cm³/mol. The predicted octanol–water partition coefficient (Wildman–Crippen LogP) is 1.19. The van der Waals surface area contributed by atoms with Gasteiger partial charge in [-0.3, -0.25) is 9.59 Å². The molecule has 0 bridgehead atoms. The molecule has 1 aromatic carbocycles. The average Bonchev–Trinajstić information content (AvgIpc) is 2.88. The van der Waals surface area contributed by atoms with E-state index in [0.29, 0.717) is 31.6 Å². The molecule has 1 fully saturated rings. The van der Waals surface area contributed by atoms with Crippen LogP contribution in [0.15, 0.2) is 24.3 Å². The molecule has 0 saturated carbocycles. The van der Waals surface area contributed by atoms with E-state index in [1.54, 1.807) is 11.9 Å². The molecule has 0 spiro atoms. The van der Waals surface area contributed by atoms with Gasteiger partial charge in [-0.2, -0.15) is 0 Å². The van der Waals surface area contributed by atoms with Gasteiger partial charge in [0.15, 0.2) is 0 Å². The van der Waals surface area contributed by atoms with Gasteiger partial charge in [0.1, 0.15) is 0 Å². The normalized spacial score (nSPS) is 21.3. The third-order valence-corrected chi connectivity index (χ3v) is 4.18. The molecule has 1 atom stereocenters. The Morgan fingerprint density at radius 3 is 2.86 bits per heavy atom. The summed E-state index contributed by atoms with van der Waals surface area (Å²) in [5.74, 6) is 0.110. The summed E-state index contributed by atoms with van der Waals surface area (Å²) < 4.78 is 0. The van der Waals surface area contributed by atoms with Crippen LogP contribution < -0.4 is 11.1 Å². The maximum absolute atomic E-state index is 12.3. The second kappa shape index (κ2) is 6.16. The fraction of sp³-hybridized carbons (Fsp3) is 0.500. The van der Waals surface area contributed by atoms with Crippen molar-refractivity contribution in [3.63, 3.8) is 0 Å². The third kappa shape index (κ3) is 3.54. The average molecular weight is 289 g/mol. The van der Waals surface area contributed by atoms with Crippen molar-refractivity contribution >= 4 is 17.5 Å². The van der Waals surface area contributed by atoms with Crippen LogP contribution in [-0.4, -0.2) is 36.9 Å². The number of nitrogens with two attached hydrogens (primary N) is 1. The van der Waals surface area contributed by atoms with E-state index >= 15 is 0 Å². The number of amides is 2. The molecule has 2 amide bonds. The van der Waals surface area contributed by atoms with Crippen molar-refractivity contribution < 1.29 is 9.59 Å². The first-order valence-corrected chi connectivity index (χ1v) is 7.29. The largest absolute Gasteiger partial charge is 0.399 e. The summed E-state index contributed by atoms with van der Waals surface area (Å²) in [5.41, 5.74) is 7.06. The van der Waals surface area contributed by atoms with E-state index in [2.05, 4.69) is 5.32 Å². The molecule has 1 aromatic rings. The van der Waals surface area contributed by atoms with Crippen LogP contribution in [0, 0.1) is 5.41 Å². The quantitative estimate of drug-likeness (QED) is 0.817. The third-order valence-electron chi connectivity index (χ3n) is 4.18. The number of benzene rings is 1. The standard InChI is InChI=1S/C16H23N3O2/c1-16(15(21)18-2)8-9-19(11-16)14(20)7-6-12-4-3-5-13(17)10-12/h3-5,10H,6-9,11,17H2,1-2H3,(H,18,21). The van der Waals surface area contributed by atoms with Gasteiger partial charge in [0.05, 0.1) is 5.41 Å². The van der Waals surface area contributed by atoms with Gasteiger partial charge in [-0.1, -0.05) is 12.1 Å². The Morgan fingerprint density at radius 1 is 1.43 bits per heavy atom. The van der Waals surface area contributed by atoms with E-state index in [0.717, 1.165) is 12.0 Å². The Hall–Kier alpha value is -2.04. The number of rotatable bonds is 4. The second-order valence-electron chi connectivity index (χ2n) is 5.95. The van der Waals surface area contributed by atoms with Crippen LogP contribution in [0.2, 0.25) is 0 Å². The summed E-state index contributed by atoms with van der Waals surface area (Å²) in [7, 11) is 1.64. The van der Waals surface area contributed by atoms with Gasteiger partial charge in [-0.15, -0.1) is 0 Å². The minimum absolute atomic E-state index is 0.00799. The SMILES string of the molecule is CNC(=O)C1(C)CCN(C(=O)CCc2cccc(N)c2)C1. The highest BCUT2D eigenvalue weighted by Gasteiger charge is 2.41. The van der Waals surface area contributed by atoms with Crippen molar-refractivity contribution in [2.24, 2.45) is 5.41 Å². The van der Waals surface area contributed by atoms with E-state index in [9.17, 15) is 9.59 Å². The summed E-state index contributed by atoms with van der Waals surface area (Å²) in [5, 5.41) is 2.68. The number of carbonyl (C=O) groups excluding carboxylic acids is 2. The Labute approximate surface area is 125 Å². The van der Waals surface area contributed by atoms with Crippen molar-refractivity contribution in [1.82, 2.24) is 10.2 Å². The molecule has 5 heteroatoms.